The molecule has 1 heterocycles. The van der Waals surface area contributed by atoms with E-state index in [0.29, 0.717) is 19.4 Å². The third-order valence-electron chi connectivity index (χ3n) is 7.62. The first-order valence-corrected chi connectivity index (χ1v) is 15.1. The Labute approximate surface area is 252 Å². The summed E-state index contributed by atoms with van der Waals surface area (Å²) in [5.74, 6) is -1.19. The molecule has 0 fully saturated rings. The molecule has 0 saturated heterocycles. The number of aromatic amines is 1. The molecule has 0 saturated carbocycles. The fourth-order valence-corrected chi connectivity index (χ4v) is 5.29. The van der Waals surface area contributed by atoms with Crippen molar-refractivity contribution in [2.75, 3.05) is 19.6 Å². The topological polar surface area (TPSA) is 149 Å². The van der Waals surface area contributed by atoms with Gasteiger partial charge in [0.15, 0.2) is 0 Å². The molecule has 228 valence electrons. The molecule has 0 aliphatic rings. The van der Waals surface area contributed by atoms with Crippen LogP contribution in [-0.2, 0) is 27.2 Å². The molecule has 0 spiro atoms. The first-order valence-electron chi connectivity index (χ1n) is 15.1. The lowest BCUT2D eigenvalue weighted by Gasteiger charge is -2.23. The van der Waals surface area contributed by atoms with Gasteiger partial charge in [-0.3, -0.25) is 14.4 Å². The van der Waals surface area contributed by atoms with Crippen molar-refractivity contribution in [2.45, 2.75) is 57.6 Å². The van der Waals surface area contributed by atoms with Crippen molar-refractivity contribution in [3.8, 4) is 0 Å². The van der Waals surface area contributed by atoms with Gasteiger partial charge in [0, 0.05) is 42.7 Å². The standard InChI is InChI=1S/C34H43N5O4/c1-23(40)20-37-33(42)19-29(10-6-7-15-35)39-34(43)28(18-27-21-36-31-12-5-4-11-30(27)31)22-38-32(41)17-24-13-14-25-8-2-3-9-26(25)16-24/h2-5,8-9,11-14,16,21,23,28-29,36,40H,6-7,10,15,17-20,22,35H2,1H3,(H,37,42)(H,38,41)(H,39,43)/t23-,28+,29+/m1/s1. The van der Waals surface area contributed by atoms with Gasteiger partial charge in [-0.05, 0) is 60.7 Å². The highest BCUT2D eigenvalue weighted by Crippen LogP contribution is 2.21. The van der Waals surface area contributed by atoms with Gasteiger partial charge in [-0.1, -0.05) is 67.1 Å². The summed E-state index contributed by atoms with van der Waals surface area (Å²) in [5.41, 5.74) is 8.54. The van der Waals surface area contributed by atoms with Gasteiger partial charge in [0.2, 0.25) is 17.7 Å². The second-order valence-electron chi connectivity index (χ2n) is 11.3. The van der Waals surface area contributed by atoms with Gasteiger partial charge >= 0.3 is 0 Å². The molecule has 4 rings (SSSR count). The van der Waals surface area contributed by atoms with Gasteiger partial charge < -0.3 is 31.8 Å². The number of aliphatic hydroxyl groups is 1. The van der Waals surface area contributed by atoms with E-state index < -0.39 is 18.1 Å². The Hall–Kier alpha value is -4.21. The van der Waals surface area contributed by atoms with Crippen LogP contribution in [-0.4, -0.2) is 59.6 Å². The first-order chi connectivity index (χ1) is 20.8. The van der Waals surface area contributed by atoms with Gasteiger partial charge in [-0.2, -0.15) is 0 Å². The Morgan fingerprint density at radius 1 is 0.907 bits per heavy atom. The monoisotopic (exact) mass is 585 g/mol. The van der Waals surface area contributed by atoms with Crippen LogP contribution in [0, 0.1) is 5.92 Å². The third-order valence-corrected chi connectivity index (χ3v) is 7.62. The summed E-state index contributed by atoms with van der Waals surface area (Å²) in [6, 6.07) is 21.5. The molecule has 0 aliphatic heterocycles. The summed E-state index contributed by atoms with van der Waals surface area (Å²) in [7, 11) is 0. The average Bonchev–Trinajstić information content (AvgIpc) is 3.40. The number of amides is 3. The normalized spacial score (nSPS) is 13.4. The van der Waals surface area contributed by atoms with Crippen LogP contribution in [0.2, 0.25) is 0 Å². The number of unbranched alkanes of at least 4 members (excludes halogenated alkanes) is 1. The van der Waals surface area contributed by atoms with Gasteiger partial charge in [0.25, 0.3) is 0 Å². The van der Waals surface area contributed by atoms with Crippen molar-refractivity contribution in [3.63, 3.8) is 0 Å². The van der Waals surface area contributed by atoms with Gasteiger partial charge in [0.05, 0.1) is 18.4 Å². The highest BCUT2D eigenvalue weighted by atomic mass is 16.3. The SMILES string of the molecule is C[C@@H](O)CNC(=O)C[C@H](CCCCN)NC(=O)[C@H](CNC(=O)Cc1ccc2ccccc2c1)Cc1c[nH]c2ccccc12. The van der Waals surface area contributed by atoms with Crippen molar-refractivity contribution in [3.05, 3.63) is 84.1 Å². The van der Waals surface area contributed by atoms with Crippen LogP contribution >= 0.6 is 0 Å². The summed E-state index contributed by atoms with van der Waals surface area (Å²) in [6.07, 6.45) is 4.10. The Balaban J connectivity index is 1.46. The maximum absolute atomic E-state index is 13.7. The van der Waals surface area contributed by atoms with Crippen LogP contribution in [0.25, 0.3) is 21.7 Å². The molecule has 3 atom stereocenters. The van der Waals surface area contributed by atoms with Crippen molar-refractivity contribution in [1.82, 2.24) is 20.9 Å². The van der Waals surface area contributed by atoms with Crippen LogP contribution in [0.5, 0.6) is 0 Å². The number of nitrogens with one attached hydrogen (secondary N) is 4. The summed E-state index contributed by atoms with van der Waals surface area (Å²) < 4.78 is 0. The van der Waals surface area contributed by atoms with E-state index in [-0.39, 0.29) is 43.7 Å². The molecule has 3 amide bonds. The quantitative estimate of drug-likeness (QED) is 0.112. The molecule has 9 nitrogen and oxygen atoms in total. The Bertz CT molecular complexity index is 1520. The highest BCUT2D eigenvalue weighted by Gasteiger charge is 2.25. The van der Waals surface area contributed by atoms with E-state index in [9.17, 15) is 19.5 Å². The van der Waals surface area contributed by atoms with E-state index in [0.717, 1.165) is 45.6 Å². The predicted octanol–water partition coefficient (Wildman–Crippen LogP) is 3.34. The summed E-state index contributed by atoms with van der Waals surface area (Å²) in [5, 5.41) is 21.5. The van der Waals surface area contributed by atoms with E-state index in [1.165, 1.54) is 0 Å². The van der Waals surface area contributed by atoms with Crippen LogP contribution in [0.15, 0.2) is 72.9 Å². The number of H-pyrrole nitrogens is 1. The maximum Gasteiger partial charge on any atom is 0.225 e. The number of hydrogen-bond acceptors (Lipinski definition) is 5. The molecular weight excluding hydrogens is 542 g/mol. The van der Waals surface area contributed by atoms with Crippen molar-refractivity contribution in [1.29, 1.82) is 0 Å². The Kier molecular flexibility index (Phi) is 11.7. The molecule has 0 radical (unpaired) electrons. The molecular formula is C34H43N5O4. The third kappa shape index (κ3) is 9.66. The summed E-state index contributed by atoms with van der Waals surface area (Å²) in [4.78, 5) is 42.6. The number of aliphatic hydroxyl groups excluding tert-OH is 1. The highest BCUT2D eigenvalue weighted by molar-refractivity contribution is 5.87. The lowest BCUT2D eigenvalue weighted by molar-refractivity contribution is -0.126. The molecule has 0 unspecified atom stereocenters. The minimum absolute atomic E-state index is 0.0944. The van der Waals surface area contributed by atoms with E-state index in [2.05, 4.69) is 20.9 Å². The maximum atomic E-state index is 13.7. The lowest BCUT2D eigenvalue weighted by Crippen LogP contribution is -2.46. The molecule has 0 bridgehead atoms. The molecule has 0 aliphatic carbocycles. The lowest BCUT2D eigenvalue weighted by atomic mass is 9.96. The van der Waals surface area contributed by atoms with E-state index >= 15 is 0 Å². The van der Waals surface area contributed by atoms with Crippen LogP contribution < -0.4 is 21.7 Å². The predicted molar refractivity (Wildman–Crippen MR) is 170 cm³/mol. The first kappa shape index (κ1) is 31.7. The number of hydrogen-bond donors (Lipinski definition) is 6. The summed E-state index contributed by atoms with van der Waals surface area (Å²) in [6.45, 7) is 2.43. The fourth-order valence-electron chi connectivity index (χ4n) is 5.29. The Morgan fingerprint density at radius 3 is 2.44 bits per heavy atom. The molecule has 9 heteroatoms. The minimum Gasteiger partial charge on any atom is -0.392 e. The summed E-state index contributed by atoms with van der Waals surface area (Å²) >= 11 is 0. The molecule has 7 N–H and O–H groups in total. The number of aromatic nitrogens is 1. The molecule has 4 aromatic rings. The number of carbonyl (C=O) groups is 3. The number of nitrogens with two attached hydrogens (primary N) is 1. The van der Waals surface area contributed by atoms with Crippen LogP contribution in [0.3, 0.4) is 0 Å². The molecule has 1 aromatic heterocycles. The second kappa shape index (κ2) is 15.9. The van der Waals surface area contributed by atoms with Crippen LogP contribution in [0.1, 0.15) is 43.7 Å². The number of fused-ring (bicyclic) bond motifs is 2. The second-order valence-corrected chi connectivity index (χ2v) is 11.3. The number of rotatable bonds is 16. The zero-order valence-corrected chi connectivity index (χ0v) is 24.8. The number of para-hydroxylation sites is 1. The van der Waals surface area contributed by atoms with E-state index in [1.807, 2.05) is 72.9 Å². The number of carbonyl (C=O) groups excluding carboxylic acids is 3. The van der Waals surface area contributed by atoms with Crippen molar-refractivity contribution < 1.29 is 19.5 Å². The number of benzene rings is 3. The van der Waals surface area contributed by atoms with Crippen LogP contribution in [0.4, 0.5) is 0 Å². The van der Waals surface area contributed by atoms with E-state index in [4.69, 9.17) is 5.73 Å². The largest absolute Gasteiger partial charge is 0.392 e. The zero-order chi connectivity index (χ0) is 30.6. The van der Waals surface area contributed by atoms with Crippen molar-refractivity contribution >= 4 is 39.4 Å². The van der Waals surface area contributed by atoms with Gasteiger partial charge in [-0.25, -0.2) is 0 Å². The minimum atomic E-state index is -0.659. The smallest absolute Gasteiger partial charge is 0.225 e. The molecule has 43 heavy (non-hydrogen) atoms. The zero-order valence-electron chi connectivity index (χ0n) is 24.8. The average molecular weight is 586 g/mol. The van der Waals surface area contributed by atoms with Gasteiger partial charge in [0.1, 0.15) is 0 Å². The van der Waals surface area contributed by atoms with Crippen molar-refractivity contribution in [2.24, 2.45) is 11.7 Å². The van der Waals surface area contributed by atoms with Gasteiger partial charge in [-0.15, -0.1) is 0 Å². The van der Waals surface area contributed by atoms with E-state index in [1.54, 1.807) is 6.92 Å². The molecule has 3 aromatic carbocycles. The Morgan fingerprint density at radius 2 is 1.65 bits per heavy atom. The fraction of sp³-hybridized carbons (Fsp3) is 0.382.